The van der Waals surface area contributed by atoms with Gasteiger partial charge in [-0.05, 0) is 17.7 Å². The molecule has 2 aromatic carbocycles. The molecule has 23 heavy (non-hydrogen) atoms. The van der Waals surface area contributed by atoms with E-state index in [2.05, 4.69) is 22.0 Å². The Labute approximate surface area is 143 Å². The first-order valence-corrected chi connectivity index (χ1v) is 8.04. The first-order chi connectivity index (χ1) is 11.0. The van der Waals surface area contributed by atoms with Gasteiger partial charge in [0, 0.05) is 41.8 Å². The molecule has 0 saturated carbocycles. The maximum Gasteiger partial charge on any atom is 0.205 e. The molecule has 116 valence electrons. The van der Waals surface area contributed by atoms with E-state index >= 15 is 0 Å². The minimum atomic E-state index is -0.633. The number of nitrogens with zero attached hydrogens (tertiary/aromatic N) is 2. The van der Waals surface area contributed by atoms with Gasteiger partial charge in [0.1, 0.15) is 11.7 Å². The molecule has 0 spiro atoms. The molecule has 1 aliphatic rings. The average molecular weight is 370 g/mol. The van der Waals surface area contributed by atoms with Gasteiger partial charge in [0.25, 0.3) is 0 Å². The minimum Gasteiger partial charge on any atom is -0.442 e. The van der Waals surface area contributed by atoms with Crippen LogP contribution in [0.25, 0.3) is 0 Å². The monoisotopic (exact) mass is 369 g/mol. The number of halogens is 1. The van der Waals surface area contributed by atoms with E-state index in [-0.39, 0.29) is 11.8 Å². The summed E-state index contributed by atoms with van der Waals surface area (Å²) in [5.41, 5.74) is 2.92. The van der Waals surface area contributed by atoms with Crippen LogP contribution in [0.5, 0.6) is 5.75 Å². The fourth-order valence-corrected chi connectivity index (χ4v) is 3.40. The lowest BCUT2D eigenvalue weighted by Gasteiger charge is -2.31. The summed E-state index contributed by atoms with van der Waals surface area (Å²) in [5, 5.41) is 17.7. The Hall–Kier alpha value is -2.32. The lowest BCUT2D eigenvalue weighted by molar-refractivity contribution is 0.450. The van der Waals surface area contributed by atoms with E-state index in [1.807, 2.05) is 61.5 Å². The number of rotatable bonds is 2. The van der Waals surface area contributed by atoms with Crippen molar-refractivity contribution in [2.45, 2.75) is 5.92 Å². The number of ether oxygens (including phenoxy) is 1. The molecule has 2 atom stereocenters. The summed E-state index contributed by atoms with van der Waals surface area (Å²) in [6.45, 7) is 0. The Bertz CT molecular complexity index is 810. The van der Waals surface area contributed by atoms with Crippen LogP contribution in [-0.4, -0.2) is 20.0 Å². The fourth-order valence-electron chi connectivity index (χ4n) is 2.87. The van der Waals surface area contributed by atoms with Gasteiger partial charge in [-0.1, -0.05) is 40.2 Å². The quantitative estimate of drug-likeness (QED) is 0.864. The second-order valence-corrected chi connectivity index (χ2v) is 6.54. The van der Waals surface area contributed by atoms with Gasteiger partial charge in [0.2, 0.25) is 5.90 Å². The zero-order valence-corrected chi connectivity index (χ0v) is 14.5. The van der Waals surface area contributed by atoms with Gasteiger partial charge in [-0.2, -0.15) is 5.26 Å². The van der Waals surface area contributed by atoms with E-state index in [4.69, 9.17) is 10.1 Å². The van der Waals surface area contributed by atoms with Gasteiger partial charge in [0.15, 0.2) is 0 Å². The van der Waals surface area contributed by atoms with Crippen LogP contribution in [0.1, 0.15) is 17.0 Å². The Morgan fingerprint density at radius 2 is 1.91 bits per heavy atom. The third-order valence-electron chi connectivity index (χ3n) is 4.06. The number of hydrogen-bond donors (Lipinski definition) is 1. The summed E-state index contributed by atoms with van der Waals surface area (Å²) >= 11 is 3.57. The van der Waals surface area contributed by atoms with Crippen molar-refractivity contribution in [3.8, 4) is 11.8 Å². The highest BCUT2D eigenvalue weighted by atomic mass is 79.9. The molecule has 0 aromatic heterocycles. The lowest BCUT2D eigenvalue weighted by Crippen LogP contribution is -2.31. The Morgan fingerprint density at radius 3 is 2.57 bits per heavy atom. The molecular formula is C18H16BrN3O. The van der Waals surface area contributed by atoms with E-state index in [0.29, 0.717) is 5.75 Å². The predicted molar refractivity (Wildman–Crippen MR) is 94.2 cm³/mol. The molecule has 0 fully saturated rings. The summed E-state index contributed by atoms with van der Waals surface area (Å²) < 4.78 is 6.57. The van der Waals surface area contributed by atoms with Crippen LogP contribution in [0, 0.1) is 22.7 Å². The van der Waals surface area contributed by atoms with Gasteiger partial charge < -0.3 is 9.64 Å². The molecule has 0 radical (unpaired) electrons. The van der Waals surface area contributed by atoms with Crippen molar-refractivity contribution in [3.63, 3.8) is 0 Å². The van der Waals surface area contributed by atoms with Gasteiger partial charge >= 0.3 is 0 Å². The lowest BCUT2D eigenvalue weighted by atomic mass is 9.79. The van der Waals surface area contributed by atoms with Crippen molar-refractivity contribution < 1.29 is 4.74 Å². The van der Waals surface area contributed by atoms with Crippen LogP contribution in [0.4, 0.5) is 5.69 Å². The highest BCUT2D eigenvalue weighted by Gasteiger charge is 2.37. The molecule has 2 aromatic rings. The van der Waals surface area contributed by atoms with Crippen molar-refractivity contribution >= 4 is 27.5 Å². The molecule has 4 nitrogen and oxygen atoms in total. The first kappa shape index (κ1) is 15.6. The zero-order valence-electron chi connectivity index (χ0n) is 12.9. The van der Waals surface area contributed by atoms with E-state index in [1.165, 1.54) is 0 Å². The summed E-state index contributed by atoms with van der Waals surface area (Å²) in [6, 6.07) is 16.0. The summed E-state index contributed by atoms with van der Waals surface area (Å²) in [4.78, 5) is 1.98. The van der Waals surface area contributed by atoms with Crippen LogP contribution >= 0.6 is 15.9 Å². The highest BCUT2D eigenvalue weighted by molar-refractivity contribution is 9.10. The molecule has 3 rings (SSSR count). The largest absolute Gasteiger partial charge is 0.442 e. The maximum absolute atomic E-state index is 9.56. The molecular weight excluding hydrogens is 354 g/mol. The first-order valence-electron chi connectivity index (χ1n) is 7.24. The molecule has 0 saturated heterocycles. The van der Waals surface area contributed by atoms with Gasteiger partial charge in [-0.15, -0.1) is 0 Å². The standard InChI is InChI=1S/C18H16BrN3O/c1-22(2)11-7-8-13-16(9-11)23-18(21)14(10-20)17(13)12-5-3-4-6-15(12)19/h3-9,14,17,21H,1-2H3. The molecule has 0 aliphatic carbocycles. The second-order valence-electron chi connectivity index (χ2n) is 5.69. The van der Waals surface area contributed by atoms with E-state index in [1.54, 1.807) is 0 Å². The van der Waals surface area contributed by atoms with Crippen LogP contribution in [-0.2, 0) is 0 Å². The third-order valence-corrected chi connectivity index (χ3v) is 4.79. The fraction of sp³-hybridized carbons (Fsp3) is 0.222. The molecule has 1 aliphatic heterocycles. The molecule has 2 unspecified atom stereocenters. The average Bonchev–Trinajstić information content (AvgIpc) is 2.53. The summed E-state index contributed by atoms with van der Waals surface area (Å²) in [6.07, 6.45) is 0. The number of benzene rings is 2. The van der Waals surface area contributed by atoms with Crippen molar-refractivity contribution in [1.82, 2.24) is 0 Å². The molecule has 0 amide bonds. The number of hydrogen-bond acceptors (Lipinski definition) is 4. The van der Waals surface area contributed by atoms with Crippen LogP contribution in [0.3, 0.4) is 0 Å². The normalized spacial score (nSPS) is 19.5. The van der Waals surface area contributed by atoms with Crippen molar-refractivity contribution in [3.05, 3.63) is 58.1 Å². The van der Waals surface area contributed by atoms with Crippen LogP contribution in [0.2, 0.25) is 0 Å². The summed E-state index contributed by atoms with van der Waals surface area (Å²) in [5.74, 6) is -0.209. The predicted octanol–water partition coefficient (Wildman–Crippen LogP) is 4.16. The van der Waals surface area contributed by atoms with E-state index in [9.17, 15) is 5.26 Å². The number of nitriles is 1. The van der Waals surface area contributed by atoms with Gasteiger partial charge in [0.05, 0.1) is 6.07 Å². The van der Waals surface area contributed by atoms with Crippen molar-refractivity contribution in [1.29, 1.82) is 10.7 Å². The van der Waals surface area contributed by atoms with Crippen molar-refractivity contribution in [2.24, 2.45) is 5.92 Å². The maximum atomic E-state index is 9.56. The number of anilines is 1. The molecule has 0 bridgehead atoms. The Morgan fingerprint density at radius 1 is 1.17 bits per heavy atom. The van der Waals surface area contributed by atoms with E-state index in [0.717, 1.165) is 21.3 Å². The smallest absolute Gasteiger partial charge is 0.205 e. The molecule has 1 heterocycles. The Kier molecular flexibility index (Phi) is 4.10. The van der Waals surface area contributed by atoms with Gasteiger partial charge in [-0.25, -0.2) is 0 Å². The highest BCUT2D eigenvalue weighted by Crippen LogP contribution is 2.45. The Balaban J connectivity index is 2.20. The third kappa shape index (κ3) is 2.71. The molecule has 1 N–H and O–H groups in total. The number of nitrogens with one attached hydrogen (secondary N) is 1. The van der Waals surface area contributed by atoms with Gasteiger partial charge in [-0.3, -0.25) is 5.41 Å². The summed E-state index contributed by atoms with van der Waals surface area (Å²) in [7, 11) is 3.92. The molecule has 5 heteroatoms. The van der Waals surface area contributed by atoms with Crippen LogP contribution in [0.15, 0.2) is 46.9 Å². The second kappa shape index (κ2) is 6.05. The zero-order chi connectivity index (χ0) is 16.6. The SMILES string of the molecule is CN(C)c1ccc2c(c1)OC(=N)C(C#N)C2c1ccccc1Br. The van der Waals surface area contributed by atoms with Crippen LogP contribution < -0.4 is 9.64 Å². The minimum absolute atomic E-state index is 0.00309. The number of fused-ring (bicyclic) bond motifs is 1. The van der Waals surface area contributed by atoms with Crippen molar-refractivity contribution in [2.75, 3.05) is 19.0 Å². The topological polar surface area (TPSA) is 60.1 Å². The van der Waals surface area contributed by atoms with E-state index < -0.39 is 5.92 Å².